The maximum absolute atomic E-state index is 13.9. The molecule has 1 N–H and O–H groups in total. The van der Waals surface area contributed by atoms with Gasteiger partial charge in [0.25, 0.3) is 0 Å². The fraction of sp³-hybridized carbons (Fsp3) is 0.556. The Morgan fingerprint density at radius 3 is 2.67 bits per heavy atom. The van der Waals surface area contributed by atoms with Gasteiger partial charge in [0.1, 0.15) is 17.5 Å². The first-order valence-electron chi connectivity index (χ1n) is 8.24. The van der Waals surface area contributed by atoms with Crippen molar-refractivity contribution in [2.45, 2.75) is 58.6 Å². The fourth-order valence-electron chi connectivity index (χ4n) is 2.69. The molecule has 1 atom stereocenters. The number of likely N-dealkylation sites (tertiary alicyclic amines) is 1. The monoisotopic (exact) mass is 336 g/mol. The van der Waals surface area contributed by atoms with Gasteiger partial charge in [-0.3, -0.25) is 9.69 Å². The Labute approximate surface area is 142 Å². The van der Waals surface area contributed by atoms with Crippen LogP contribution >= 0.6 is 0 Å². The minimum absolute atomic E-state index is 0.134. The lowest BCUT2D eigenvalue weighted by molar-refractivity contribution is -0.122. The van der Waals surface area contributed by atoms with Crippen LogP contribution in [-0.2, 0) is 9.53 Å². The number of aryl methyl sites for hydroxylation is 1. The number of anilines is 1. The first kappa shape index (κ1) is 18.2. The Kier molecular flexibility index (Phi) is 5.47. The molecule has 2 rings (SSSR count). The predicted molar refractivity (Wildman–Crippen MR) is 90.3 cm³/mol. The van der Waals surface area contributed by atoms with Gasteiger partial charge in [0, 0.05) is 6.54 Å². The average Bonchev–Trinajstić information content (AvgIpc) is 2.49. The van der Waals surface area contributed by atoms with E-state index >= 15 is 0 Å². The first-order chi connectivity index (χ1) is 11.2. The number of nitrogens with zero attached hydrogens (tertiary/aromatic N) is 1. The van der Waals surface area contributed by atoms with Gasteiger partial charge in [0.2, 0.25) is 5.91 Å². The molecule has 2 amide bonds. The molecule has 0 bridgehead atoms. The topological polar surface area (TPSA) is 58.6 Å². The molecular weight excluding hydrogens is 311 g/mol. The number of rotatable bonds is 2. The number of carbonyl (C=O) groups excluding carboxylic acids is 2. The van der Waals surface area contributed by atoms with Crippen LogP contribution in [0.4, 0.5) is 14.9 Å². The number of benzene rings is 1. The Balaban J connectivity index is 2.13. The summed E-state index contributed by atoms with van der Waals surface area (Å²) in [5.41, 5.74) is 0.354. The molecule has 24 heavy (non-hydrogen) atoms. The summed E-state index contributed by atoms with van der Waals surface area (Å²) >= 11 is 0. The standard InChI is InChI=1S/C18H25FN2O3/c1-12-8-9-13(19)14(11-12)20-16(22)15-7-5-6-10-21(15)17(23)24-18(2,3)4/h8-9,11,15H,5-7,10H2,1-4H3,(H,20,22). The molecule has 1 saturated heterocycles. The molecule has 5 nitrogen and oxygen atoms in total. The lowest BCUT2D eigenvalue weighted by Crippen LogP contribution is -2.51. The molecular formula is C18H25FN2O3. The van der Waals surface area contributed by atoms with Crippen molar-refractivity contribution < 1.29 is 18.7 Å². The highest BCUT2D eigenvalue weighted by Crippen LogP contribution is 2.23. The SMILES string of the molecule is Cc1ccc(F)c(NC(=O)C2CCCCN2C(=O)OC(C)(C)C)c1. The lowest BCUT2D eigenvalue weighted by Gasteiger charge is -2.35. The normalized spacial score (nSPS) is 18.2. The zero-order valence-electron chi connectivity index (χ0n) is 14.7. The van der Waals surface area contributed by atoms with Gasteiger partial charge in [-0.2, -0.15) is 0 Å². The van der Waals surface area contributed by atoms with Crippen LogP contribution in [0.2, 0.25) is 0 Å². The smallest absolute Gasteiger partial charge is 0.410 e. The minimum atomic E-state index is -0.645. The third-order valence-corrected chi connectivity index (χ3v) is 3.81. The van der Waals surface area contributed by atoms with Crippen LogP contribution < -0.4 is 5.32 Å². The zero-order chi connectivity index (χ0) is 17.9. The molecule has 1 aromatic carbocycles. The first-order valence-corrected chi connectivity index (χ1v) is 8.24. The summed E-state index contributed by atoms with van der Waals surface area (Å²) in [6.07, 6.45) is 1.70. The summed E-state index contributed by atoms with van der Waals surface area (Å²) in [6.45, 7) is 7.64. The van der Waals surface area contributed by atoms with E-state index < -0.39 is 23.6 Å². The van der Waals surface area contributed by atoms with E-state index in [0.717, 1.165) is 18.4 Å². The third kappa shape index (κ3) is 4.69. The summed E-state index contributed by atoms with van der Waals surface area (Å²) in [4.78, 5) is 26.4. The van der Waals surface area contributed by atoms with Crippen LogP contribution in [0, 0.1) is 12.7 Å². The second-order valence-corrected chi connectivity index (χ2v) is 7.16. The highest BCUT2D eigenvalue weighted by Gasteiger charge is 2.35. The molecule has 1 aliphatic rings. The second-order valence-electron chi connectivity index (χ2n) is 7.16. The van der Waals surface area contributed by atoms with Crippen molar-refractivity contribution in [3.63, 3.8) is 0 Å². The van der Waals surface area contributed by atoms with E-state index in [4.69, 9.17) is 4.74 Å². The van der Waals surface area contributed by atoms with Crippen LogP contribution in [0.1, 0.15) is 45.6 Å². The summed E-state index contributed by atoms with van der Waals surface area (Å²) < 4.78 is 19.2. The Morgan fingerprint density at radius 1 is 1.29 bits per heavy atom. The maximum Gasteiger partial charge on any atom is 0.410 e. The Morgan fingerprint density at radius 2 is 2.00 bits per heavy atom. The van der Waals surface area contributed by atoms with E-state index in [9.17, 15) is 14.0 Å². The van der Waals surface area contributed by atoms with Crippen LogP contribution in [-0.4, -0.2) is 35.1 Å². The van der Waals surface area contributed by atoms with E-state index in [1.54, 1.807) is 32.9 Å². The summed E-state index contributed by atoms with van der Waals surface area (Å²) in [5, 5.41) is 2.61. The molecule has 0 aromatic heterocycles. The molecule has 1 aliphatic heterocycles. The van der Waals surface area contributed by atoms with Crippen LogP contribution in [0.25, 0.3) is 0 Å². The fourth-order valence-corrected chi connectivity index (χ4v) is 2.69. The van der Waals surface area contributed by atoms with Gasteiger partial charge in [-0.1, -0.05) is 6.07 Å². The van der Waals surface area contributed by atoms with Crippen LogP contribution in [0.15, 0.2) is 18.2 Å². The molecule has 1 heterocycles. The van der Waals surface area contributed by atoms with Crippen LogP contribution in [0.5, 0.6) is 0 Å². The quantitative estimate of drug-likeness (QED) is 0.892. The lowest BCUT2D eigenvalue weighted by atomic mass is 10.0. The maximum atomic E-state index is 13.9. The van der Waals surface area contributed by atoms with Crippen molar-refractivity contribution in [3.05, 3.63) is 29.6 Å². The molecule has 1 unspecified atom stereocenters. The van der Waals surface area contributed by atoms with Gasteiger partial charge in [0.15, 0.2) is 0 Å². The molecule has 0 radical (unpaired) electrons. The van der Waals surface area contributed by atoms with Gasteiger partial charge < -0.3 is 10.1 Å². The molecule has 6 heteroatoms. The molecule has 0 spiro atoms. The van der Waals surface area contributed by atoms with E-state index in [0.29, 0.717) is 13.0 Å². The van der Waals surface area contributed by atoms with Crippen molar-refractivity contribution in [3.8, 4) is 0 Å². The summed E-state index contributed by atoms with van der Waals surface area (Å²) in [5.74, 6) is -0.876. The van der Waals surface area contributed by atoms with E-state index in [1.165, 1.54) is 11.0 Å². The van der Waals surface area contributed by atoms with Crippen molar-refractivity contribution in [1.29, 1.82) is 0 Å². The number of hydrogen-bond acceptors (Lipinski definition) is 3. The third-order valence-electron chi connectivity index (χ3n) is 3.81. The average molecular weight is 336 g/mol. The Bertz CT molecular complexity index is 625. The van der Waals surface area contributed by atoms with Crippen molar-refractivity contribution in [2.75, 3.05) is 11.9 Å². The van der Waals surface area contributed by atoms with E-state index in [2.05, 4.69) is 5.32 Å². The number of piperidine rings is 1. The molecule has 1 aromatic rings. The number of amides is 2. The van der Waals surface area contributed by atoms with Crippen molar-refractivity contribution >= 4 is 17.7 Å². The summed E-state index contributed by atoms with van der Waals surface area (Å²) in [7, 11) is 0. The second kappa shape index (κ2) is 7.20. The van der Waals surface area contributed by atoms with E-state index in [1.807, 2.05) is 6.92 Å². The highest BCUT2D eigenvalue weighted by molar-refractivity contribution is 5.96. The molecule has 1 fully saturated rings. The van der Waals surface area contributed by atoms with E-state index in [-0.39, 0.29) is 11.6 Å². The number of halogens is 1. The number of ether oxygens (including phenoxy) is 1. The highest BCUT2D eigenvalue weighted by atomic mass is 19.1. The van der Waals surface area contributed by atoms with Gasteiger partial charge in [-0.25, -0.2) is 9.18 Å². The van der Waals surface area contributed by atoms with Gasteiger partial charge in [0.05, 0.1) is 5.69 Å². The molecule has 132 valence electrons. The Hall–Kier alpha value is -2.11. The minimum Gasteiger partial charge on any atom is -0.444 e. The van der Waals surface area contributed by atoms with Crippen molar-refractivity contribution in [1.82, 2.24) is 4.90 Å². The van der Waals surface area contributed by atoms with Gasteiger partial charge in [-0.05, 0) is 64.7 Å². The summed E-state index contributed by atoms with van der Waals surface area (Å²) in [6, 6.07) is 3.89. The largest absolute Gasteiger partial charge is 0.444 e. The predicted octanol–water partition coefficient (Wildman–Crippen LogP) is 3.86. The van der Waals surface area contributed by atoms with Gasteiger partial charge in [-0.15, -0.1) is 0 Å². The molecule has 0 saturated carbocycles. The number of hydrogen-bond donors (Lipinski definition) is 1. The van der Waals surface area contributed by atoms with Crippen molar-refractivity contribution in [2.24, 2.45) is 0 Å². The number of nitrogens with one attached hydrogen (secondary N) is 1. The number of carbonyl (C=O) groups is 2. The molecule has 0 aliphatic carbocycles. The van der Waals surface area contributed by atoms with Crippen LogP contribution in [0.3, 0.4) is 0 Å². The zero-order valence-corrected chi connectivity index (χ0v) is 14.7. The van der Waals surface area contributed by atoms with Gasteiger partial charge >= 0.3 is 6.09 Å².